The maximum absolute atomic E-state index is 11.6. The van der Waals surface area contributed by atoms with Crippen molar-refractivity contribution in [3.63, 3.8) is 0 Å². The Morgan fingerprint density at radius 2 is 1.71 bits per heavy atom. The molecule has 0 unspecified atom stereocenters. The molecule has 17 heavy (non-hydrogen) atoms. The van der Waals surface area contributed by atoms with Gasteiger partial charge in [0.15, 0.2) is 0 Å². The van der Waals surface area contributed by atoms with Gasteiger partial charge in [0.2, 0.25) is 5.91 Å². The van der Waals surface area contributed by atoms with Crippen LogP contribution in [0.25, 0.3) is 0 Å². The van der Waals surface area contributed by atoms with E-state index in [0.29, 0.717) is 6.54 Å². The van der Waals surface area contributed by atoms with Crippen molar-refractivity contribution in [3.8, 4) is 0 Å². The van der Waals surface area contributed by atoms with Crippen molar-refractivity contribution in [1.29, 1.82) is 0 Å². The van der Waals surface area contributed by atoms with E-state index in [1.54, 1.807) is 0 Å². The summed E-state index contributed by atoms with van der Waals surface area (Å²) in [5, 5.41) is 6.26. The van der Waals surface area contributed by atoms with Crippen LogP contribution < -0.4 is 10.6 Å². The maximum Gasteiger partial charge on any atom is 0.234 e. The molecule has 3 heteroatoms. The number of rotatable bonds is 4. The first kappa shape index (κ1) is 14.5. The van der Waals surface area contributed by atoms with Crippen LogP contribution in [0.5, 0.6) is 0 Å². The third-order valence-corrected chi connectivity index (χ3v) is 3.21. The Labute approximate surface area is 106 Å². The van der Waals surface area contributed by atoms with E-state index >= 15 is 0 Å². The first-order valence-corrected chi connectivity index (χ1v) is 6.99. The molecule has 3 nitrogen and oxygen atoms in total. The van der Waals surface area contributed by atoms with E-state index in [-0.39, 0.29) is 11.4 Å². The maximum atomic E-state index is 11.6. The summed E-state index contributed by atoms with van der Waals surface area (Å²) in [4.78, 5) is 11.6. The van der Waals surface area contributed by atoms with Crippen molar-refractivity contribution in [2.45, 2.75) is 64.8 Å². The Hall–Kier alpha value is -0.570. The van der Waals surface area contributed by atoms with Gasteiger partial charge >= 0.3 is 0 Å². The number of nitrogens with one attached hydrogen (secondary N) is 2. The number of carbonyl (C=O) groups excluding carboxylic acids is 1. The molecule has 1 amide bonds. The molecule has 0 spiro atoms. The Morgan fingerprint density at radius 3 is 2.24 bits per heavy atom. The molecule has 0 heterocycles. The lowest BCUT2D eigenvalue weighted by Crippen LogP contribution is -2.45. The minimum Gasteiger partial charge on any atom is -0.350 e. The van der Waals surface area contributed by atoms with E-state index in [1.807, 2.05) is 20.8 Å². The molecule has 0 aromatic rings. The van der Waals surface area contributed by atoms with Crippen molar-refractivity contribution in [2.24, 2.45) is 5.92 Å². The molecule has 1 aliphatic rings. The summed E-state index contributed by atoms with van der Waals surface area (Å²) < 4.78 is 0. The fourth-order valence-electron chi connectivity index (χ4n) is 2.42. The summed E-state index contributed by atoms with van der Waals surface area (Å²) in [6, 6.07) is 0. The van der Waals surface area contributed by atoms with E-state index in [1.165, 1.54) is 38.5 Å². The van der Waals surface area contributed by atoms with Gasteiger partial charge in [-0.1, -0.05) is 25.7 Å². The van der Waals surface area contributed by atoms with Crippen LogP contribution >= 0.6 is 0 Å². The minimum absolute atomic E-state index is 0.103. The zero-order chi connectivity index (χ0) is 12.7. The zero-order valence-corrected chi connectivity index (χ0v) is 11.6. The van der Waals surface area contributed by atoms with Crippen molar-refractivity contribution < 1.29 is 4.79 Å². The van der Waals surface area contributed by atoms with Crippen LogP contribution in [0.4, 0.5) is 0 Å². The van der Waals surface area contributed by atoms with E-state index in [9.17, 15) is 4.79 Å². The van der Waals surface area contributed by atoms with Gasteiger partial charge in [0.1, 0.15) is 0 Å². The summed E-state index contributed by atoms with van der Waals surface area (Å²) in [5.74, 6) is 0.881. The van der Waals surface area contributed by atoms with E-state index in [4.69, 9.17) is 0 Å². The lowest BCUT2D eigenvalue weighted by Gasteiger charge is -2.21. The molecule has 0 aliphatic heterocycles. The highest BCUT2D eigenvalue weighted by Gasteiger charge is 2.15. The summed E-state index contributed by atoms with van der Waals surface area (Å²) in [6.07, 6.45) is 8.16. The zero-order valence-electron chi connectivity index (χ0n) is 11.6. The van der Waals surface area contributed by atoms with Crippen LogP contribution in [0.1, 0.15) is 59.3 Å². The molecule has 1 aliphatic carbocycles. The number of hydrogen-bond donors (Lipinski definition) is 2. The normalized spacial score (nSPS) is 18.8. The molecule has 1 fully saturated rings. The Morgan fingerprint density at radius 1 is 1.12 bits per heavy atom. The van der Waals surface area contributed by atoms with E-state index in [2.05, 4.69) is 10.6 Å². The second-order valence-corrected chi connectivity index (χ2v) is 6.29. The Bertz CT molecular complexity index is 225. The van der Waals surface area contributed by atoms with Crippen molar-refractivity contribution in [1.82, 2.24) is 10.6 Å². The summed E-state index contributed by atoms with van der Waals surface area (Å²) in [7, 11) is 0. The highest BCUT2D eigenvalue weighted by atomic mass is 16.2. The fraction of sp³-hybridized carbons (Fsp3) is 0.929. The molecule has 0 saturated heterocycles. The molecular formula is C14H28N2O. The van der Waals surface area contributed by atoms with Crippen LogP contribution in [-0.4, -0.2) is 24.5 Å². The molecule has 0 radical (unpaired) electrons. The smallest absolute Gasteiger partial charge is 0.234 e. The summed E-state index contributed by atoms with van der Waals surface area (Å²) in [5.41, 5.74) is -0.124. The topological polar surface area (TPSA) is 41.1 Å². The standard InChI is InChI=1S/C14H28N2O/c1-14(2,3)16-13(17)11-15-10-12-8-6-4-5-7-9-12/h12,15H,4-11H2,1-3H3,(H,16,17). The fourth-order valence-corrected chi connectivity index (χ4v) is 2.42. The van der Waals surface area contributed by atoms with E-state index < -0.39 is 0 Å². The van der Waals surface area contributed by atoms with Gasteiger partial charge in [0, 0.05) is 5.54 Å². The van der Waals surface area contributed by atoms with E-state index in [0.717, 1.165) is 12.5 Å². The molecule has 0 aromatic carbocycles. The van der Waals surface area contributed by atoms with Crippen molar-refractivity contribution in [2.75, 3.05) is 13.1 Å². The molecule has 1 rings (SSSR count). The first-order valence-electron chi connectivity index (χ1n) is 6.99. The van der Waals surface area contributed by atoms with Crippen LogP contribution in [0.15, 0.2) is 0 Å². The van der Waals surface area contributed by atoms with Crippen molar-refractivity contribution in [3.05, 3.63) is 0 Å². The number of hydrogen-bond acceptors (Lipinski definition) is 2. The molecule has 1 saturated carbocycles. The van der Waals surface area contributed by atoms with Crippen LogP contribution in [-0.2, 0) is 4.79 Å². The summed E-state index contributed by atoms with van der Waals surface area (Å²) in [6.45, 7) is 7.48. The van der Waals surface area contributed by atoms with Gasteiger partial charge in [0.25, 0.3) is 0 Å². The molecule has 2 N–H and O–H groups in total. The monoisotopic (exact) mass is 240 g/mol. The molecule has 100 valence electrons. The average Bonchev–Trinajstić information content (AvgIpc) is 2.43. The van der Waals surface area contributed by atoms with Crippen LogP contribution in [0.2, 0.25) is 0 Å². The van der Waals surface area contributed by atoms with Gasteiger partial charge in [0.05, 0.1) is 6.54 Å². The lowest BCUT2D eigenvalue weighted by molar-refractivity contribution is -0.121. The van der Waals surface area contributed by atoms with Gasteiger partial charge < -0.3 is 10.6 Å². The predicted octanol–water partition coefficient (Wildman–Crippen LogP) is 2.46. The number of carbonyl (C=O) groups is 1. The van der Waals surface area contributed by atoms with Crippen LogP contribution in [0.3, 0.4) is 0 Å². The molecule has 0 bridgehead atoms. The Balaban J connectivity index is 2.12. The van der Waals surface area contributed by atoms with Gasteiger partial charge in [-0.3, -0.25) is 4.79 Å². The van der Waals surface area contributed by atoms with Gasteiger partial charge in [-0.15, -0.1) is 0 Å². The second-order valence-electron chi connectivity index (χ2n) is 6.29. The first-order chi connectivity index (χ1) is 7.97. The molecule has 0 aromatic heterocycles. The van der Waals surface area contributed by atoms with Crippen molar-refractivity contribution >= 4 is 5.91 Å². The lowest BCUT2D eigenvalue weighted by atomic mass is 10.0. The average molecular weight is 240 g/mol. The Kier molecular flexibility index (Phi) is 5.96. The highest BCUT2D eigenvalue weighted by molar-refractivity contribution is 5.78. The third kappa shape index (κ3) is 7.37. The number of amides is 1. The van der Waals surface area contributed by atoms with Gasteiger partial charge in [-0.2, -0.15) is 0 Å². The third-order valence-electron chi connectivity index (χ3n) is 3.21. The van der Waals surface area contributed by atoms with Gasteiger partial charge in [-0.05, 0) is 46.1 Å². The van der Waals surface area contributed by atoms with Gasteiger partial charge in [-0.25, -0.2) is 0 Å². The molecule has 0 atom stereocenters. The quantitative estimate of drug-likeness (QED) is 0.741. The van der Waals surface area contributed by atoms with Crippen LogP contribution in [0, 0.1) is 5.92 Å². The summed E-state index contributed by atoms with van der Waals surface area (Å²) >= 11 is 0. The second kappa shape index (κ2) is 7.00. The largest absolute Gasteiger partial charge is 0.350 e. The minimum atomic E-state index is -0.124. The SMILES string of the molecule is CC(C)(C)NC(=O)CNCC1CCCCCC1. The highest BCUT2D eigenvalue weighted by Crippen LogP contribution is 2.21. The molecular weight excluding hydrogens is 212 g/mol. The predicted molar refractivity (Wildman–Crippen MR) is 72.0 cm³/mol.